The van der Waals surface area contributed by atoms with E-state index in [2.05, 4.69) is 27.7 Å². The van der Waals surface area contributed by atoms with E-state index in [0.717, 1.165) is 18.9 Å². The number of rotatable bonds is 7. The minimum absolute atomic E-state index is 0. The van der Waals surface area contributed by atoms with Gasteiger partial charge in [-0.15, -0.1) is 0 Å². The van der Waals surface area contributed by atoms with Gasteiger partial charge in [0.2, 0.25) is 0 Å². The molecule has 0 fully saturated rings. The van der Waals surface area contributed by atoms with Crippen molar-refractivity contribution < 1.29 is 42.2 Å². The number of hydrogen-bond acceptors (Lipinski definition) is 2. The van der Waals surface area contributed by atoms with E-state index < -0.39 is 5.91 Å². The minimum atomic E-state index is -0.463. The Morgan fingerprint density at radius 3 is 1.70 bits per heavy atom. The van der Waals surface area contributed by atoms with Gasteiger partial charge >= 0.3 is 0 Å². The van der Waals surface area contributed by atoms with Gasteiger partial charge in [-0.05, 0) is 38.0 Å². The topological polar surface area (TPSA) is 50.1 Å². The van der Waals surface area contributed by atoms with Crippen LogP contribution in [0.3, 0.4) is 0 Å². The summed E-state index contributed by atoms with van der Waals surface area (Å²) in [7, 11) is 0. The third kappa shape index (κ3) is 36.3. The molecule has 3 nitrogen and oxygen atoms in total. The van der Waals surface area contributed by atoms with Crippen LogP contribution in [0.5, 0.6) is 0 Å². The van der Waals surface area contributed by atoms with Gasteiger partial charge in [-0.3, -0.25) is 0 Å². The monoisotopic (exact) mass is 363 g/mol. The molecule has 0 aliphatic heterocycles. The molecule has 0 aromatic heterocycles. The summed E-state index contributed by atoms with van der Waals surface area (Å²) >= 11 is 0. The molecule has 0 aliphatic carbocycles. The quantitative estimate of drug-likeness (QED) is 0.601. The van der Waals surface area contributed by atoms with Crippen LogP contribution in [0.1, 0.15) is 74.7 Å². The molecule has 1 radical (unpaired) electrons. The van der Waals surface area contributed by atoms with E-state index in [1.807, 2.05) is 27.7 Å². The van der Waals surface area contributed by atoms with Crippen molar-refractivity contribution in [3.8, 4) is 0 Å². The molecule has 0 aliphatic rings. The average Bonchev–Trinajstić information content (AvgIpc) is 2.27. The molecule has 0 aromatic carbocycles. The zero-order chi connectivity index (χ0) is 15.8. The van der Waals surface area contributed by atoms with Gasteiger partial charge in [0.05, 0.1) is 6.10 Å². The van der Waals surface area contributed by atoms with Crippen molar-refractivity contribution in [3.63, 3.8) is 0 Å². The van der Waals surface area contributed by atoms with E-state index in [0.29, 0.717) is 18.4 Å². The molecule has 20 heavy (non-hydrogen) atoms. The molecule has 0 saturated heterocycles. The van der Waals surface area contributed by atoms with Crippen LogP contribution < -0.4 is 0 Å². The Morgan fingerprint density at radius 1 is 1.05 bits per heavy atom. The average molecular weight is 363 g/mol. The Hall–Kier alpha value is 0.534. The van der Waals surface area contributed by atoms with Gasteiger partial charge in [0, 0.05) is 45.2 Å². The molecule has 4 heteroatoms. The summed E-state index contributed by atoms with van der Waals surface area (Å²) in [4.78, 5) is 9.92. The Bertz CT molecular complexity index is 185. The van der Waals surface area contributed by atoms with Crippen molar-refractivity contribution in [2.75, 3.05) is 6.61 Å². The molecule has 1 unspecified atom stereocenters. The first kappa shape index (κ1) is 28.7. The Labute approximate surface area is 152 Å². The van der Waals surface area contributed by atoms with Crippen molar-refractivity contribution in [1.29, 1.82) is 0 Å². The molecule has 0 spiro atoms. The second-order valence-electron chi connectivity index (χ2n) is 5.33. The maximum Gasteiger partial charge on any atom is 0.0549 e. The van der Waals surface area contributed by atoms with Gasteiger partial charge in [-0.25, -0.2) is 0 Å². The van der Waals surface area contributed by atoms with Crippen LogP contribution in [0.25, 0.3) is 5.73 Å². The Kier molecular flexibility index (Phi) is 31.3. The molecule has 121 valence electrons. The fourth-order valence-corrected chi connectivity index (χ4v) is 1.42. The molecule has 0 rings (SSSR count). The van der Waals surface area contributed by atoms with Crippen molar-refractivity contribution in [2.24, 2.45) is 11.8 Å². The summed E-state index contributed by atoms with van der Waals surface area (Å²) in [6.45, 7) is 17.5. The number of carbonyl (C=O) groups is 1. The first-order valence-electron chi connectivity index (χ1n) is 7.65. The van der Waals surface area contributed by atoms with Crippen molar-refractivity contribution in [1.82, 2.24) is 0 Å². The molecular formula is C16H36NO2Y-. The fourth-order valence-electron chi connectivity index (χ4n) is 1.42. The van der Waals surface area contributed by atoms with Crippen molar-refractivity contribution >= 4 is 5.91 Å². The molecule has 1 amide bonds. The number of hydrogen-bond donors (Lipinski definition) is 0. The minimum Gasteiger partial charge on any atom is -0.668 e. The maximum absolute atomic E-state index is 9.92. The van der Waals surface area contributed by atoms with Crippen LogP contribution in [-0.4, -0.2) is 18.6 Å². The first-order valence-corrected chi connectivity index (χ1v) is 7.65. The van der Waals surface area contributed by atoms with Crippen LogP contribution in [0, 0.1) is 11.8 Å². The summed E-state index contributed by atoms with van der Waals surface area (Å²) in [6.07, 6.45) is 3.14. The smallest absolute Gasteiger partial charge is 0.0549 e. The van der Waals surface area contributed by atoms with Crippen molar-refractivity contribution in [3.05, 3.63) is 5.73 Å². The van der Waals surface area contributed by atoms with Gasteiger partial charge in [0.15, 0.2) is 0 Å². The van der Waals surface area contributed by atoms with E-state index in [1.165, 1.54) is 6.42 Å². The van der Waals surface area contributed by atoms with Gasteiger partial charge in [-0.1, -0.05) is 48.5 Å². The first-order chi connectivity index (χ1) is 8.79. The predicted octanol–water partition coefficient (Wildman–Crippen LogP) is 5.48. The van der Waals surface area contributed by atoms with Gasteiger partial charge in [0.25, 0.3) is 0 Å². The molecule has 0 aromatic rings. The number of ether oxygens (including phenoxy) is 1. The van der Waals surface area contributed by atoms with Crippen LogP contribution in [-0.2, 0) is 42.2 Å². The Balaban J connectivity index is -0.000000113. The fraction of sp³-hybridized carbons (Fsp3) is 0.938. The van der Waals surface area contributed by atoms with E-state index in [-0.39, 0.29) is 32.7 Å². The van der Waals surface area contributed by atoms with Crippen LogP contribution in [0.4, 0.5) is 0 Å². The largest absolute Gasteiger partial charge is 0.668 e. The maximum atomic E-state index is 9.92. The van der Waals surface area contributed by atoms with Crippen LogP contribution in [0.15, 0.2) is 0 Å². The van der Waals surface area contributed by atoms with Crippen LogP contribution >= 0.6 is 0 Å². The molecule has 0 bridgehead atoms. The number of amides is 1. The van der Waals surface area contributed by atoms with Crippen LogP contribution in [0.2, 0.25) is 0 Å². The van der Waals surface area contributed by atoms with E-state index in [4.69, 9.17) is 10.5 Å². The molecular weight excluding hydrogens is 327 g/mol. The third-order valence-corrected chi connectivity index (χ3v) is 2.00. The number of nitrogens with one attached hydrogen (secondary N) is 1. The normalized spacial score (nSPS) is 10.7. The third-order valence-electron chi connectivity index (χ3n) is 2.00. The standard InChI is InChI=1S/C9H20O.C5H11NO.C2H6.Y/c1-5-6-10-9(4)7-8(2)3;1-4(2)3-5(6)7;1-2;/h8-9H,5-7H2,1-4H3;4H,3H2,1-2H3,(H2,6,7);1-2H3;/p-1. The molecule has 0 saturated carbocycles. The van der Waals surface area contributed by atoms with Gasteiger partial charge in [0.1, 0.15) is 0 Å². The molecule has 1 N–H and O–H groups in total. The van der Waals surface area contributed by atoms with E-state index in [9.17, 15) is 4.79 Å². The van der Waals surface area contributed by atoms with Gasteiger partial charge < -0.3 is 15.3 Å². The summed E-state index contributed by atoms with van der Waals surface area (Å²) in [6, 6.07) is 0. The Morgan fingerprint density at radius 2 is 1.50 bits per heavy atom. The molecule has 1 atom stereocenters. The number of carbonyl (C=O) groups excluding carboxylic acids is 1. The zero-order valence-electron chi connectivity index (χ0n) is 15.0. The summed E-state index contributed by atoms with van der Waals surface area (Å²) in [5.74, 6) is 0.631. The summed E-state index contributed by atoms with van der Waals surface area (Å²) < 4.78 is 5.50. The van der Waals surface area contributed by atoms with E-state index in [1.54, 1.807) is 0 Å². The second kappa shape index (κ2) is 21.8. The second-order valence-corrected chi connectivity index (χ2v) is 5.33. The van der Waals surface area contributed by atoms with Gasteiger partial charge in [-0.2, -0.15) is 0 Å². The van der Waals surface area contributed by atoms with E-state index >= 15 is 0 Å². The molecule has 0 heterocycles. The predicted molar refractivity (Wildman–Crippen MR) is 85.3 cm³/mol. The summed E-state index contributed by atoms with van der Waals surface area (Å²) in [5.41, 5.74) is 6.47. The SMILES string of the molecule is CC.CC(C)CC([NH-])=O.CCCOC(C)CC(C)C.[Y]. The zero-order valence-corrected chi connectivity index (χ0v) is 17.8. The van der Waals surface area contributed by atoms with Crippen molar-refractivity contribution in [2.45, 2.75) is 80.8 Å². The summed E-state index contributed by atoms with van der Waals surface area (Å²) in [5, 5.41) is 0.